The molecule has 0 bridgehead atoms. The van der Waals surface area contributed by atoms with E-state index in [4.69, 9.17) is 20.6 Å². The minimum Gasteiger partial charge on any atom is -0.486 e. The molecule has 0 radical (unpaired) electrons. The maximum absolute atomic E-state index is 5.66. The first-order valence-corrected chi connectivity index (χ1v) is 4.80. The number of rotatable bonds is 3. The SMILES string of the molecule is C#CCOCC1COc2ccccc2O1. The smallest absolute Gasteiger partial charge is 0.161 e. The van der Waals surface area contributed by atoms with Crippen molar-refractivity contribution in [1.29, 1.82) is 0 Å². The van der Waals surface area contributed by atoms with E-state index in [1.807, 2.05) is 24.3 Å². The Kier molecular flexibility index (Phi) is 3.11. The van der Waals surface area contributed by atoms with Crippen LogP contribution in [0.1, 0.15) is 0 Å². The zero-order chi connectivity index (χ0) is 10.5. The van der Waals surface area contributed by atoms with Crippen LogP contribution in [-0.2, 0) is 4.74 Å². The van der Waals surface area contributed by atoms with E-state index in [2.05, 4.69) is 5.92 Å². The molecule has 3 nitrogen and oxygen atoms in total. The summed E-state index contributed by atoms with van der Waals surface area (Å²) >= 11 is 0. The van der Waals surface area contributed by atoms with Crippen LogP contribution < -0.4 is 9.47 Å². The second-order valence-corrected chi connectivity index (χ2v) is 3.22. The van der Waals surface area contributed by atoms with E-state index in [1.54, 1.807) is 0 Å². The van der Waals surface area contributed by atoms with E-state index in [1.165, 1.54) is 0 Å². The summed E-state index contributed by atoms with van der Waals surface area (Å²) in [5, 5.41) is 0. The number of fused-ring (bicyclic) bond motifs is 1. The summed E-state index contributed by atoms with van der Waals surface area (Å²) in [4.78, 5) is 0. The summed E-state index contributed by atoms with van der Waals surface area (Å²) in [7, 11) is 0. The normalized spacial score (nSPS) is 18.2. The standard InChI is InChI=1S/C12H12O3/c1-2-7-13-8-10-9-14-11-5-3-4-6-12(11)15-10/h1,3-6,10H,7-9H2. The van der Waals surface area contributed by atoms with Crippen LogP contribution >= 0.6 is 0 Å². The van der Waals surface area contributed by atoms with Gasteiger partial charge in [-0.05, 0) is 12.1 Å². The first-order chi connectivity index (χ1) is 7.40. The van der Waals surface area contributed by atoms with Crippen molar-refractivity contribution in [2.24, 2.45) is 0 Å². The number of para-hydroxylation sites is 2. The number of benzene rings is 1. The predicted octanol–water partition coefficient (Wildman–Crippen LogP) is 1.48. The molecular weight excluding hydrogens is 192 g/mol. The minimum atomic E-state index is -0.0757. The van der Waals surface area contributed by atoms with Crippen LogP contribution in [0, 0.1) is 12.3 Å². The van der Waals surface area contributed by atoms with Gasteiger partial charge in [0.05, 0.1) is 6.61 Å². The fourth-order valence-electron chi connectivity index (χ4n) is 1.39. The lowest BCUT2D eigenvalue weighted by molar-refractivity contribution is 0.0186. The molecule has 1 aromatic carbocycles. The molecule has 1 aliphatic heterocycles. The molecule has 0 amide bonds. The molecule has 0 fully saturated rings. The van der Waals surface area contributed by atoms with E-state index >= 15 is 0 Å². The van der Waals surface area contributed by atoms with E-state index in [9.17, 15) is 0 Å². The Balaban J connectivity index is 1.92. The van der Waals surface area contributed by atoms with E-state index in [0.29, 0.717) is 19.8 Å². The van der Waals surface area contributed by atoms with E-state index in [0.717, 1.165) is 11.5 Å². The third-order valence-corrected chi connectivity index (χ3v) is 2.06. The first kappa shape index (κ1) is 9.88. The monoisotopic (exact) mass is 204 g/mol. The fraction of sp³-hybridized carbons (Fsp3) is 0.333. The van der Waals surface area contributed by atoms with Crippen molar-refractivity contribution in [1.82, 2.24) is 0 Å². The van der Waals surface area contributed by atoms with Crippen molar-refractivity contribution in [3.05, 3.63) is 24.3 Å². The van der Waals surface area contributed by atoms with Gasteiger partial charge in [0.2, 0.25) is 0 Å². The quantitative estimate of drug-likeness (QED) is 0.551. The molecule has 1 heterocycles. The minimum absolute atomic E-state index is 0.0757. The van der Waals surface area contributed by atoms with Crippen LogP contribution in [0.3, 0.4) is 0 Å². The molecule has 1 atom stereocenters. The third kappa shape index (κ3) is 2.42. The van der Waals surface area contributed by atoms with Crippen molar-refractivity contribution in [2.45, 2.75) is 6.10 Å². The Hall–Kier alpha value is -1.66. The van der Waals surface area contributed by atoms with Crippen LogP contribution in [0.2, 0.25) is 0 Å². The second-order valence-electron chi connectivity index (χ2n) is 3.22. The highest BCUT2D eigenvalue weighted by atomic mass is 16.6. The lowest BCUT2D eigenvalue weighted by Gasteiger charge is -2.25. The highest BCUT2D eigenvalue weighted by molar-refractivity contribution is 5.40. The molecule has 0 spiro atoms. The molecule has 0 saturated heterocycles. The highest BCUT2D eigenvalue weighted by Crippen LogP contribution is 2.30. The number of hydrogen-bond acceptors (Lipinski definition) is 3. The summed E-state index contributed by atoms with van der Waals surface area (Å²) < 4.78 is 16.4. The summed E-state index contributed by atoms with van der Waals surface area (Å²) in [6.07, 6.45) is 5.00. The van der Waals surface area contributed by atoms with Gasteiger partial charge in [-0.1, -0.05) is 18.1 Å². The third-order valence-electron chi connectivity index (χ3n) is 2.06. The second kappa shape index (κ2) is 4.72. The Morgan fingerprint density at radius 3 is 3.00 bits per heavy atom. The molecule has 1 aliphatic rings. The Morgan fingerprint density at radius 1 is 1.40 bits per heavy atom. The van der Waals surface area contributed by atoms with Crippen molar-refractivity contribution < 1.29 is 14.2 Å². The van der Waals surface area contributed by atoms with Crippen molar-refractivity contribution >= 4 is 0 Å². The molecule has 2 rings (SSSR count). The van der Waals surface area contributed by atoms with Crippen LogP contribution in [0.4, 0.5) is 0 Å². The molecule has 1 unspecified atom stereocenters. The molecule has 78 valence electrons. The highest BCUT2D eigenvalue weighted by Gasteiger charge is 2.20. The van der Waals surface area contributed by atoms with Gasteiger partial charge < -0.3 is 14.2 Å². The topological polar surface area (TPSA) is 27.7 Å². The lowest BCUT2D eigenvalue weighted by atomic mass is 10.3. The van der Waals surface area contributed by atoms with Crippen molar-refractivity contribution in [2.75, 3.05) is 19.8 Å². The average molecular weight is 204 g/mol. The molecule has 0 saturated carbocycles. The van der Waals surface area contributed by atoms with Gasteiger partial charge in [-0.25, -0.2) is 0 Å². The van der Waals surface area contributed by atoms with Crippen LogP contribution in [0.5, 0.6) is 11.5 Å². The summed E-state index contributed by atoms with van der Waals surface area (Å²) in [5.41, 5.74) is 0. The molecule has 0 aliphatic carbocycles. The number of terminal acetylenes is 1. The Labute approximate surface area is 89.0 Å². The number of ether oxygens (including phenoxy) is 3. The molecular formula is C12H12O3. The zero-order valence-electron chi connectivity index (χ0n) is 8.31. The van der Waals surface area contributed by atoms with Gasteiger partial charge in [0, 0.05) is 0 Å². The number of hydrogen-bond donors (Lipinski definition) is 0. The van der Waals surface area contributed by atoms with E-state index < -0.39 is 0 Å². The summed E-state index contributed by atoms with van der Waals surface area (Å²) in [6.45, 7) is 1.27. The van der Waals surface area contributed by atoms with Crippen LogP contribution in [0.15, 0.2) is 24.3 Å². The maximum Gasteiger partial charge on any atom is 0.161 e. The first-order valence-electron chi connectivity index (χ1n) is 4.80. The Bertz CT molecular complexity index is 367. The Morgan fingerprint density at radius 2 is 2.20 bits per heavy atom. The van der Waals surface area contributed by atoms with Gasteiger partial charge >= 0.3 is 0 Å². The van der Waals surface area contributed by atoms with E-state index in [-0.39, 0.29) is 6.10 Å². The lowest BCUT2D eigenvalue weighted by Crippen LogP contribution is -2.33. The van der Waals surface area contributed by atoms with Gasteiger partial charge in [-0.2, -0.15) is 0 Å². The maximum atomic E-state index is 5.66. The zero-order valence-corrected chi connectivity index (χ0v) is 8.31. The van der Waals surface area contributed by atoms with Gasteiger partial charge in [0.15, 0.2) is 17.6 Å². The average Bonchev–Trinajstić information content (AvgIpc) is 2.29. The molecule has 0 N–H and O–H groups in total. The molecule has 1 aromatic rings. The van der Waals surface area contributed by atoms with Gasteiger partial charge in [-0.15, -0.1) is 6.42 Å². The van der Waals surface area contributed by atoms with Crippen molar-refractivity contribution in [3.63, 3.8) is 0 Å². The molecule has 3 heteroatoms. The summed E-state index contributed by atoms with van der Waals surface area (Å²) in [6, 6.07) is 7.58. The molecule has 15 heavy (non-hydrogen) atoms. The van der Waals surface area contributed by atoms with Gasteiger partial charge in [0.1, 0.15) is 13.2 Å². The molecule has 0 aromatic heterocycles. The van der Waals surface area contributed by atoms with Crippen molar-refractivity contribution in [3.8, 4) is 23.8 Å². The fourth-order valence-corrected chi connectivity index (χ4v) is 1.39. The van der Waals surface area contributed by atoms with Gasteiger partial charge in [-0.3, -0.25) is 0 Å². The largest absolute Gasteiger partial charge is 0.486 e. The van der Waals surface area contributed by atoms with Gasteiger partial charge in [0.25, 0.3) is 0 Å². The van der Waals surface area contributed by atoms with Crippen LogP contribution in [-0.4, -0.2) is 25.9 Å². The predicted molar refractivity (Wildman–Crippen MR) is 56.0 cm³/mol. The summed E-state index contributed by atoms with van der Waals surface area (Å²) in [5.74, 6) is 3.95. The van der Waals surface area contributed by atoms with Crippen LogP contribution in [0.25, 0.3) is 0 Å².